The number of nitrogens with zero attached hydrogens (tertiary/aromatic N) is 2. The van der Waals surface area contributed by atoms with Crippen LogP contribution in [-0.4, -0.2) is 16.1 Å². The first kappa shape index (κ1) is 14.8. The zero-order chi connectivity index (χ0) is 14.5. The summed E-state index contributed by atoms with van der Waals surface area (Å²) in [6.07, 6.45) is 4.38. The largest absolute Gasteiger partial charge is 0.348 e. The third kappa shape index (κ3) is 3.70. The van der Waals surface area contributed by atoms with Crippen LogP contribution >= 0.6 is 0 Å². The molecule has 2 heterocycles. The van der Waals surface area contributed by atoms with Gasteiger partial charge in [-0.3, -0.25) is 4.98 Å². The summed E-state index contributed by atoms with van der Waals surface area (Å²) < 4.78 is 2.21. The first-order valence-corrected chi connectivity index (χ1v) is 7.41. The lowest BCUT2D eigenvalue weighted by Gasteiger charge is -2.20. The lowest BCUT2D eigenvalue weighted by Crippen LogP contribution is -2.25. The molecular weight excluding hydrogens is 246 g/mol. The van der Waals surface area contributed by atoms with Crippen LogP contribution < -0.4 is 5.32 Å². The van der Waals surface area contributed by atoms with E-state index in [0.29, 0.717) is 12.0 Å². The normalized spacial score (nSPS) is 12.8. The Bertz CT molecular complexity index is 543. The Morgan fingerprint density at radius 3 is 2.70 bits per heavy atom. The molecular formula is C17H25N3. The second-order valence-corrected chi connectivity index (χ2v) is 5.67. The molecule has 1 atom stereocenters. The molecule has 0 bridgehead atoms. The average Bonchev–Trinajstić information content (AvgIpc) is 2.83. The van der Waals surface area contributed by atoms with Gasteiger partial charge in [-0.1, -0.05) is 26.8 Å². The number of aryl methyl sites for hydroxylation is 1. The van der Waals surface area contributed by atoms with Gasteiger partial charge in [0, 0.05) is 24.1 Å². The molecule has 108 valence electrons. The maximum Gasteiger partial charge on any atom is 0.0642 e. The fourth-order valence-electron chi connectivity index (χ4n) is 2.57. The second kappa shape index (κ2) is 6.71. The van der Waals surface area contributed by atoms with Crippen molar-refractivity contribution in [1.82, 2.24) is 14.9 Å². The quantitative estimate of drug-likeness (QED) is 0.871. The van der Waals surface area contributed by atoms with Gasteiger partial charge in [0.1, 0.15) is 0 Å². The van der Waals surface area contributed by atoms with Crippen molar-refractivity contribution in [1.29, 1.82) is 0 Å². The molecule has 0 saturated heterocycles. The smallest absolute Gasteiger partial charge is 0.0642 e. The van der Waals surface area contributed by atoms with E-state index >= 15 is 0 Å². The van der Waals surface area contributed by atoms with E-state index in [9.17, 15) is 0 Å². The van der Waals surface area contributed by atoms with Crippen LogP contribution in [-0.2, 0) is 6.54 Å². The van der Waals surface area contributed by atoms with Gasteiger partial charge in [-0.15, -0.1) is 0 Å². The summed E-state index contributed by atoms with van der Waals surface area (Å²) in [6.45, 7) is 10.5. The summed E-state index contributed by atoms with van der Waals surface area (Å²) in [4.78, 5) is 4.56. The van der Waals surface area contributed by atoms with Crippen molar-refractivity contribution in [2.24, 2.45) is 5.92 Å². The molecule has 0 aromatic carbocycles. The van der Waals surface area contributed by atoms with Crippen molar-refractivity contribution in [3.63, 3.8) is 0 Å². The number of pyridine rings is 1. The van der Waals surface area contributed by atoms with Crippen LogP contribution in [0.4, 0.5) is 0 Å². The van der Waals surface area contributed by atoms with Crippen LogP contribution in [0.2, 0.25) is 0 Å². The van der Waals surface area contributed by atoms with E-state index in [4.69, 9.17) is 0 Å². The highest BCUT2D eigenvalue weighted by Gasteiger charge is 2.15. The van der Waals surface area contributed by atoms with E-state index in [1.807, 2.05) is 13.0 Å². The van der Waals surface area contributed by atoms with Crippen molar-refractivity contribution in [2.45, 2.75) is 40.3 Å². The van der Waals surface area contributed by atoms with Gasteiger partial charge in [-0.2, -0.15) is 0 Å². The Morgan fingerprint density at radius 1 is 1.25 bits per heavy atom. The van der Waals surface area contributed by atoms with E-state index in [-0.39, 0.29) is 0 Å². The van der Waals surface area contributed by atoms with Crippen LogP contribution in [0.15, 0.2) is 36.7 Å². The zero-order valence-electron chi connectivity index (χ0n) is 12.9. The van der Waals surface area contributed by atoms with E-state index in [1.165, 1.54) is 5.56 Å². The van der Waals surface area contributed by atoms with Crippen LogP contribution in [0.25, 0.3) is 0 Å². The third-order valence-electron chi connectivity index (χ3n) is 3.51. The highest BCUT2D eigenvalue weighted by molar-refractivity contribution is 5.18. The molecule has 0 spiro atoms. The Balaban J connectivity index is 2.12. The van der Waals surface area contributed by atoms with Gasteiger partial charge in [-0.05, 0) is 43.1 Å². The Kier molecular flexibility index (Phi) is 4.96. The Hall–Kier alpha value is -1.61. The van der Waals surface area contributed by atoms with E-state index < -0.39 is 0 Å². The van der Waals surface area contributed by atoms with Crippen LogP contribution in [0, 0.1) is 12.8 Å². The zero-order valence-corrected chi connectivity index (χ0v) is 12.9. The maximum absolute atomic E-state index is 4.56. The van der Waals surface area contributed by atoms with E-state index in [0.717, 1.165) is 24.5 Å². The van der Waals surface area contributed by atoms with E-state index in [1.54, 1.807) is 0 Å². The number of hydrogen-bond acceptors (Lipinski definition) is 2. The Morgan fingerprint density at radius 2 is 2.05 bits per heavy atom. The first-order valence-electron chi connectivity index (χ1n) is 7.41. The standard InChI is InChI=1S/C17H25N3/c1-5-18-17(13(2)3)15-9-10-20(11-15)12-16-8-6-7-14(4)19-16/h6-11,13,17-18H,5,12H2,1-4H3. The van der Waals surface area contributed by atoms with Gasteiger partial charge in [0.2, 0.25) is 0 Å². The minimum absolute atomic E-state index is 0.423. The van der Waals surface area contributed by atoms with Crippen molar-refractivity contribution < 1.29 is 0 Å². The lowest BCUT2D eigenvalue weighted by molar-refractivity contribution is 0.421. The summed E-state index contributed by atoms with van der Waals surface area (Å²) in [5.74, 6) is 0.586. The molecule has 0 aliphatic carbocycles. The average molecular weight is 271 g/mol. The molecule has 0 fully saturated rings. The second-order valence-electron chi connectivity index (χ2n) is 5.67. The molecule has 2 aromatic heterocycles. The molecule has 2 aromatic rings. The van der Waals surface area contributed by atoms with Crippen LogP contribution in [0.1, 0.15) is 43.8 Å². The van der Waals surface area contributed by atoms with Crippen molar-refractivity contribution in [3.8, 4) is 0 Å². The summed E-state index contributed by atoms with van der Waals surface area (Å²) >= 11 is 0. The van der Waals surface area contributed by atoms with Gasteiger partial charge in [0.25, 0.3) is 0 Å². The number of nitrogens with one attached hydrogen (secondary N) is 1. The summed E-state index contributed by atoms with van der Waals surface area (Å²) in [7, 11) is 0. The van der Waals surface area contributed by atoms with Crippen LogP contribution in [0.3, 0.4) is 0 Å². The molecule has 1 unspecified atom stereocenters. The highest BCUT2D eigenvalue weighted by Crippen LogP contribution is 2.22. The molecule has 0 radical (unpaired) electrons. The summed E-state index contributed by atoms with van der Waals surface area (Å²) in [6, 6.07) is 8.81. The summed E-state index contributed by atoms with van der Waals surface area (Å²) in [5, 5.41) is 3.56. The summed E-state index contributed by atoms with van der Waals surface area (Å²) in [5.41, 5.74) is 3.54. The number of hydrogen-bond donors (Lipinski definition) is 1. The molecule has 0 aliphatic heterocycles. The molecule has 2 rings (SSSR count). The van der Waals surface area contributed by atoms with Gasteiger partial charge in [0.05, 0.1) is 12.2 Å². The molecule has 0 amide bonds. The fraction of sp³-hybridized carbons (Fsp3) is 0.471. The fourth-order valence-corrected chi connectivity index (χ4v) is 2.57. The van der Waals surface area contributed by atoms with Crippen molar-refractivity contribution >= 4 is 0 Å². The molecule has 0 aliphatic rings. The number of aromatic nitrogens is 2. The van der Waals surface area contributed by atoms with Crippen molar-refractivity contribution in [3.05, 3.63) is 53.6 Å². The van der Waals surface area contributed by atoms with Gasteiger partial charge in [-0.25, -0.2) is 0 Å². The molecule has 1 N–H and O–H groups in total. The molecule has 20 heavy (non-hydrogen) atoms. The van der Waals surface area contributed by atoms with Gasteiger partial charge >= 0.3 is 0 Å². The predicted molar refractivity (Wildman–Crippen MR) is 83.8 cm³/mol. The van der Waals surface area contributed by atoms with Crippen LogP contribution in [0.5, 0.6) is 0 Å². The van der Waals surface area contributed by atoms with Gasteiger partial charge < -0.3 is 9.88 Å². The van der Waals surface area contributed by atoms with E-state index in [2.05, 4.69) is 66.2 Å². The van der Waals surface area contributed by atoms with Gasteiger partial charge in [0.15, 0.2) is 0 Å². The maximum atomic E-state index is 4.56. The molecule has 3 heteroatoms. The lowest BCUT2D eigenvalue weighted by atomic mass is 9.98. The topological polar surface area (TPSA) is 29.9 Å². The Labute approximate surface area is 122 Å². The third-order valence-corrected chi connectivity index (χ3v) is 3.51. The molecule has 3 nitrogen and oxygen atoms in total. The highest BCUT2D eigenvalue weighted by atomic mass is 15.0. The monoisotopic (exact) mass is 271 g/mol. The minimum atomic E-state index is 0.423. The molecule has 0 saturated carbocycles. The first-order chi connectivity index (χ1) is 9.60. The minimum Gasteiger partial charge on any atom is -0.348 e. The predicted octanol–water partition coefficient (Wildman–Crippen LogP) is 3.55. The SMILES string of the molecule is CCNC(c1ccn(Cc2cccc(C)n2)c1)C(C)C. The van der Waals surface area contributed by atoms with Crippen molar-refractivity contribution in [2.75, 3.05) is 6.54 Å². The number of rotatable bonds is 6.